The van der Waals surface area contributed by atoms with E-state index in [1.54, 1.807) is 43.5 Å². The van der Waals surface area contributed by atoms with Gasteiger partial charge in [-0.25, -0.2) is 4.39 Å². The van der Waals surface area contributed by atoms with E-state index in [-0.39, 0.29) is 11.8 Å². The number of hydrogen-bond acceptors (Lipinski definition) is 3. The summed E-state index contributed by atoms with van der Waals surface area (Å²) in [6.45, 7) is 0. The first kappa shape index (κ1) is 20.4. The lowest BCUT2D eigenvalue weighted by atomic mass is 9.96. The number of hydrogen-bond donors (Lipinski definition) is 2. The van der Waals surface area contributed by atoms with Gasteiger partial charge in [0.25, 0.3) is 11.8 Å². The molecule has 3 aromatic rings. The Morgan fingerprint density at radius 2 is 1.90 bits per heavy atom. The molecule has 4 rings (SSSR count). The lowest BCUT2D eigenvalue weighted by Crippen LogP contribution is -2.21. The third kappa shape index (κ3) is 3.78. The van der Waals surface area contributed by atoms with E-state index in [0.29, 0.717) is 43.2 Å². The Morgan fingerprint density at radius 1 is 1.17 bits per heavy atom. The molecule has 0 spiro atoms. The molecule has 0 radical (unpaired) electrons. The highest BCUT2D eigenvalue weighted by atomic mass is 79.9. The van der Waals surface area contributed by atoms with Crippen molar-refractivity contribution in [2.45, 2.75) is 6.04 Å². The molecule has 0 aromatic heterocycles. The number of nitrogens with one attached hydrogen (secondary N) is 2. The average molecular weight is 490 g/mol. The van der Waals surface area contributed by atoms with Crippen LogP contribution in [-0.4, -0.2) is 18.9 Å². The summed E-state index contributed by atoms with van der Waals surface area (Å²) in [5, 5.41) is 5.98. The van der Waals surface area contributed by atoms with Gasteiger partial charge in [-0.05, 0) is 54.6 Å². The van der Waals surface area contributed by atoms with Crippen LogP contribution in [0.2, 0.25) is 5.02 Å². The highest BCUT2D eigenvalue weighted by Crippen LogP contribution is 2.41. The molecule has 8 heteroatoms. The molecule has 152 valence electrons. The summed E-state index contributed by atoms with van der Waals surface area (Å²) in [6.07, 6.45) is 0. The quantitative estimate of drug-likeness (QED) is 0.520. The van der Waals surface area contributed by atoms with Gasteiger partial charge in [-0.1, -0.05) is 27.5 Å². The van der Waals surface area contributed by atoms with E-state index < -0.39 is 11.9 Å². The number of halogens is 3. The van der Waals surface area contributed by atoms with Gasteiger partial charge in [0.05, 0.1) is 13.2 Å². The molecule has 2 amide bonds. The van der Waals surface area contributed by atoms with Crippen LogP contribution in [0.3, 0.4) is 0 Å². The molecule has 3 aromatic carbocycles. The number of methoxy groups -OCH3 is 1. The largest absolute Gasteiger partial charge is 0.497 e. The molecular weight excluding hydrogens is 475 g/mol. The van der Waals surface area contributed by atoms with Gasteiger partial charge in [0.2, 0.25) is 0 Å². The molecule has 1 atom stereocenters. The third-order valence-corrected chi connectivity index (χ3v) is 5.63. The molecule has 0 saturated heterocycles. The number of ether oxygens (including phenoxy) is 1. The zero-order valence-corrected chi connectivity index (χ0v) is 18.0. The maximum Gasteiger partial charge on any atom is 0.255 e. The predicted octanol–water partition coefficient (Wildman–Crippen LogP) is 5.34. The fourth-order valence-corrected chi connectivity index (χ4v) is 4.09. The summed E-state index contributed by atoms with van der Waals surface area (Å²) in [4.78, 5) is 25.4. The average Bonchev–Trinajstić information content (AvgIpc) is 3.06. The third-order valence-electron chi connectivity index (χ3n) is 4.82. The minimum Gasteiger partial charge on any atom is -0.497 e. The molecule has 5 nitrogen and oxygen atoms in total. The number of anilines is 1. The van der Waals surface area contributed by atoms with Crippen molar-refractivity contribution in [1.29, 1.82) is 0 Å². The summed E-state index contributed by atoms with van der Waals surface area (Å²) in [7, 11) is 1.54. The van der Waals surface area contributed by atoms with Crippen LogP contribution in [0, 0.1) is 5.82 Å². The molecule has 0 aliphatic carbocycles. The monoisotopic (exact) mass is 488 g/mol. The van der Waals surface area contributed by atoms with E-state index in [9.17, 15) is 14.0 Å². The molecule has 30 heavy (non-hydrogen) atoms. The summed E-state index contributed by atoms with van der Waals surface area (Å²) in [6, 6.07) is 13.2. The molecule has 1 unspecified atom stereocenters. The van der Waals surface area contributed by atoms with Crippen LogP contribution in [0.5, 0.6) is 5.75 Å². The van der Waals surface area contributed by atoms with Gasteiger partial charge in [0.1, 0.15) is 11.6 Å². The summed E-state index contributed by atoms with van der Waals surface area (Å²) >= 11 is 9.65. The molecule has 1 heterocycles. The highest BCUT2D eigenvalue weighted by Gasteiger charge is 2.34. The first-order valence-corrected chi connectivity index (χ1v) is 10.1. The van der Waals surface area contributed by atoms with Crippen molar-refractivity contribution in [3.63, 3.8) is 0 Å². The molecule has 0 fully saturated rings. The zero-order chi connectivity index (χ0) is 21.4. The molecule has 0 bridgehead atoms. The number of benzene rings is 3. The van der Waals surface area contributed by atoms with Crippen LogP contribution in [0.25, 0.3) is 0 Å². The number of fused-ring (bicyclic) bond motifs is 1. The second-order valence-electron chi connectivity index (χ2n) is 6.67. The highest BCUT2D eigenvalue weighted by molar-refractivity contribution is 9.10. The van der Waals surface area contributed by atoms with Crippen molar-refractivity contribution >= 4 is 45.0 Å². The van der Waals surface area contributed by atoms with Gasteiger partial charge in [-0.2, -0.15) is 0 Å². The molecular formula is C22H15BrClFN2O3. The first-order chi connectivity index (χ1) is 14.4. The summed E-state index contributed by atoms with van der Waals surface area (Å²) < 4.78 is 19.6. The van der Waals surface area contributed by atoms with Gasteiger partial charge < -0.3 is 15.4 Å². The predicted molar refractivity (Wildman–Crippen MR) is 116 cm³/mol. The number of amides is 2. The second kappa shape index (κ2) is 8.08. The van der Waals surface area contributed by atoms with Gasteiger partial charge in [0, 0.05) is 37.4 Å². The van der Waals surface area contributed by atoms with Crippen LogP contribution in [0.15, 0.2) is 59.1 Å². The fourth-order valence-electron chi connectivity index (χ4n) is 3.41. The van der Waals surface area contributed by atoms with Crippen LogP contribution in [-0.2, 0) is 0 Å². The van der Waals surface area contributed by atoms with Gasteiger partial charge in [-0.15, -0.1) is 0 Å². The summed E-state index contributed by atoms with van der Waals surface area (Å²) in [5.74, 6) is -0.540. The molecule has 0 saturated carbocycles. The zero-order valence-electron chi connectivity index (χ0n) is 15.6. The lowest BCUT2D eigenvalue weighted by molar-refractivity contribution is 0.0959. The van der Waals surface area contributed by atoms with Crippen LogP contribution < -0.4 is 15.4 Å². The first-order valence-electron chi connectivity index (χ1n) is 8.92. The number of rotatable bonds is 4. The topological polar surface area (TPSA) is 67.4 Å². The molecule has 1 aliphatic heterocycles. The normalized spacial score (nSPS) is 14.8. The minimum atomic E-state index is -0.699. The SMILES string of the molecule is COc1ccc(C(=O)Nc2cc(Br)cc3c2C(c2cc(F)ccc2Cl)NC3=O)cc1. The lowest BCUT2D eigenvalue weighted by Gasteiger charge is -2.18. The van der Waals surface area contributed by atoms with Gasteiger partial charge in [-0.3, -0.25) is 9.59 Å². The van der Waals surface area contributed by atoms with E-state index in [1.807, 2.05) is 0 Å². The Bertz CT molecular complexity index is 1170. The Hall–Kier alpha value is -2.90. The van der Waals surface area contributed by atoms with Crippen molar-refractivity contribution in [2.75, 3.05) is 12.4 Å². The van der Waals surface area contributed by atoms with Gasteiger partial charge in [0.15, 0.2) is 0 Å². The van der Waals surface area contributed by atoms with Crippen molar-refractivity contribution < 1.29 is 18.7 Å². The number of carbonyl (C=O) groups is 2. The summed E-state index contributed by atoms with van der Waals surface area (Å²) in [5.41, 5.74) is 2.15. The van der Waals surface area contributed by atoms with Crippen LogP contribution in [0.4, 0.5) is 10.1 Å². The Balaban J connectivity index is 1.76. The van der Waals surface area contributed by atoms with E-state index in [2.05, 4.69) is 26.6 Å². The van der Waals surface area contributed by atoms with Crippen LogP contribution >= 0.6 is 27.5 Å². The minimum absolute atomic E-state index is 0.310. The standard InChI is InChI=1S/C22H15BrClFN2O3/c1-30-14-5-2-11(3-6-14)21(28)26-18-9-12(23)8-16-19(18)20(27-22(16)29)15-10-13(25)4-7-17(15)24/h2-10,20H,1H3,(H,26,28)(H,27,29). The Morgan fingerprint density at radius 3 is 2.60 bits per heavy atom. The second-order valence-corrected chi connectivity index (χ2v) is 7.99. The molecule has 2 N–H and O–H groups in total. The maximum absolute atomic E-state index is 13.9. The van der Waals surface area contributed by atoms with Crippen molar-refractivity contribution in [1.82, 2.24) is 5.32 Å². The maximum atomic E-state index is 13.9. The van der Waals surface area contributed by atoms with Gasteiger partial charge >= 0.3 is 0 Å². The van der Waals surface area contributed by atoms with E-state index in [1.165, 1.54) is 18.2 Å². The Kier molecular flexibility index (Phi) is 5.49. The van der Waals surface area contributed by atoms with E-state index >= 15 is 0 Å². The van der Waals surface area contributed by atoms with Crippen molar-refractivity contribution in [3.8, 4) is 5.75 Å². The van der Waals surface area contributed by atoms with Crippen molar-refractivity contribution in [2.24, 2.45) is 0 Å². The molecule has 1 aliphatic rings. The Labute approximate surface area is 185 Å². The van der Waals surface area contributed by atoms with E-state index in [0.717, 1.165) is 0 Å². The van der Waals surface area contributed by atoms with Crippen LogP contribution in [0.1, 0.15) is 37.9 Å². The fraction of sp³-hybridized carbons (Fsp3) is 0.0909. The van der Waals surface area contributed by atoms with Crippen molar-refractivity contribution in [3.05, 3.63) is 92.2 Å². The smallest absolute Gasteiger partial charge is 0.255 e. The number of carbonyl (C=O) groups excluding carboxylic acids is 2. The van der Waals surface area contributed by atoms with E-state index in [4.69, 9.17) is 16.3 Å².